The normalized spacial score (nSPS) is 11.6. The Bertz CT molecular complexity index is 635. The predicted molar refractivity (Wildman–Crippen MR) is 84.7 cm³/mol. The van der Waals surface area contributed by atoms with Gasteiger partial charge in [0.15, 0.2) is 0 Å². The highest BCUT2D eigenvalue weighted by molar-refractivity contribution is 5.79. The fraction of sp³-hybridized carbons (Fsp3) is 0.294. The Hall–Kier alpha value is -2.76. The summed E-state index contributed by atoms with van der Waals surface area (Å²) in [6.45, 7) is 1.75. The van der Waals surface area contributed by atoms with Gasteiger partial charge in [0, 0.05) is 6.92 Å². The van der Waals surface area contributed by atoms with Crippen molar-refractivity contribution in [1.29, 1.82) is 0 Å². The van der Waals surface area contributed by atoms with Crippen LogP contribution in [0.5, 0.6) is 5.75 Å². The first-order valence-corrected chi connectivity index (χ1v) is 7.28. The number of furan rings is 1. The van der Waals surface area contributed by atoms with Gasteiger partial charge in [-0.3, -0.25) is 9.59 Å². The predicted octanol–water partition coefficient (Wildman–Crippen LogP) is 2.17. The van der Waals surface area contributed by atoms with Gasteiger partial charge in [0.05, 0.1) is 32.4 Å². The molecule has 0 bridgehead atoms. The van der Waals surface area contributed by atoms with Crippen molar-refractivity contribution in [3.05, 3.63) is 54.0 Å². The molecule has 0 aliphatic rings. The fourth-order valence-electron chi connectivity index (χ4n) is 2.19. The minimum Gasteiger partial charge on any atom is -0.497 e. The Morgan fingerprint density at radius 2 is 1.96 bits per heavy atom. The Balaban J connectivity index is 1.99. The first-order valence-electron chi connectivity index (χ1n) is 7.28. The first kappa shape index (κ1) is 16.6. The van der Waals surface area contributed by atoms with Gasteiger partial charge in [-0.2, -0.15) is 0 Å². The zero-order chi connectivity index (χ0) is 16.7. The van der Waals surface area contributed by atoms with Gasteiger partial charge in [-0.25, -0.2) is 0 Å². The fourth-order valence-corrected chi connectivity index (χ4v) is 2.19. The standard InChI is InChI=1S/C17H20N2O4/c1-12(20)19-16(13-5-7-14(22-2)8-6-13)10-17(21)18-11-15-4-3-9-23-15/h3-9,16H,10-11H2,1-2H3,(H,18,21)(H,19,20)/t16-/m0/s1. The summed E-state index contributed by atoms with van der Waals surface area (Å²) in [7, 11) is 1.59. The van der Waals surface area contributed by atoms with Gasteiger partial charge in [0.1, 0.15) is 11.5 Å². The molecule has 1 aromatic heterocycles. The first-order chi connectivity index (χ1) is 11.1. The maximum atomic E-state index is 12.1. The number of rotatable bonds is 7. The van der Waals surface area contributed by atoms with E-state index in [4.69, 9.17) is 9.15 Å². The van der Waals surface area contributed by atoms with Crippen LogP contribution >= 0.6 is 0 Å². The number of hydrogen-bond acceptors (Lipinski definition) is 4. The lowest BCUT2D eigenvalue weighted by Crippen LogP contribution is -2.32. The van der Waals surface area contributed by atoms with E-state index in [1.807, 2.05) is 12.1 Å². The summed E-state index contributed by atoms with van der Waals surface area (Å²) in [6, 6.07) is 10.4. The van der Waals surface area contributed by atoms with Crippen molar-refractivity contribution in [2.75, 3.05) is 7.11 Å². The molecule has 2 rings (SSSR count). The van der Waals surface area contributed by atoms with Crippen molar-refractivity contribution >= 4 is 11.8 Å². The molecule has 2 aromatic rings. The number of benzene rings is 1. The quantitative estimate of drug-likeness (QED) is 0.820. The second-order valence-corrected chi connectivity index (χ2v) is 5.09. The number of hydrogen-bond donors (Lipinski definition) is 2. The van der Waals surface area contributed by atoms with Crippen molar-refractivity contribution in [3.8, 4) is 5.75 Å². The summed E-state index contributed by atoms with van der Waals surface area (Å²) in [5.74, 6) is 1.04. The van der Waals surface area contributed by atoms with Crippen LogP contribution in [0.25, 0.3) is 0 Å². The molecule has 0 radical (unpaired) electrons. The summed E-state index contributed by atoms with van der Waals surface area (Å²) in [4.78, 5) is 23.5. The van der Waals surface area contributed by atoms with E-state index in [0.29, 0.717) is 12.3 Å². The monoisotopic (exact) mass is 316 g/mol. The molecule has 0 fully saturated rings. The lowest BCUT2D eigenvalue weighted by atomic mass is 10.0. The van der Waals surface area contributed by atoms with Gasteiger partial charge >= 0.3 is 0 Å². The highest BCUT2D eigenvalue weighted by atomic mass is 16.5. The summed E-state index contributed by atoms with van der Waals surface area (Å²) >= 11 is 0. The molecule has 2 amide bonds. The van der Waals surface area contributed by atoms with Crippen LogP contribution in [-0.2, 0) is 16.1 Å². The van der Waals surface area contributed by atoms with Crippen LogP contribution < -0.4 is 15.4 Å². The molecule has 0 aliphatic heterocycles. The minimum atomic E-state index is -0.394. The van der Waals surface area contributed by atoms with Gasteiger partial charge in [0.25, 0.3) is 0 Å². The van der Waals surface area contributed by atoms with E-state index < -0.39 is 6.04 Å². The molecule has 0 saturated heterocycles. The molecule has 6 heteroatoms. The van der Waals surface area contributed by atoms with E-state index in [2.05, 4.69) is 10.6 Å². The molecule has 0 spiro atoms. The third-order valence-corrected chi connectivity index (χ3v) is 3.33. The van der Waals surface area contributed by atoms with Gasteiger partial charge in [-0.1, -0.05) is 12.1 Å². The maximum absolute atomic E-state index is 12.1. The molecular formula is C17H20N2O4. The topological polar surface area (TPSA) is 80.6 Å². The van der Waals surface area contributed by atoms with Crippen LogP contribution in [0, 0.1) is 0 Å². The molecule has 1 heterocycles. The van der Waals surface area contributed by atoms with Gasteiger partial charge in [0.2, 0.25) is 11.8 Å². The molecule has 1 aromatic carbocycles. The SMILES string of the molecule is COc1ccc([C@H](CC(=O)NCc2ccco2)NC(C)=O)cc1. The largest absolute Gasteiger partial charge is 0.497 e. The molecule has 0 unspecified atom stereocenters. The van der Waals surface area contributed by atoms with Gasteiger partial charge in [-0.05, 0) is 29.8 Å². The smallest absolute Gasteiger partial charge is 0.222 e. The summed E-state index contributed by atoms with van der Waals surface area (Å²) in [6.07, 6.45) is 1.70. The molecule has 23 heavy (non-hydrogen) atoms. The number of ether oxygens (including phenoxy) is 1. The van der Waals surface area contributed by atoms with E-state index in [9.17, 15) is 9.59 Å². The molecule has 1 atom stereocenters. The number of carbonyl (C=O) groups excluding carboxylic acids is 2. The number of amides is 2. The van der Waals surface area contributed by atoms with Crippen LogP contribution in [0.1, 0.15) is 30.7 Å². The zero-order valence-electron chi connectivity index (χ0n) is 13.2. The number of methoxy groups -OCH3 is 1. The molecular weight excluding hydrogens is 296 g/mol. The molecule has 6 nitrogen and oxygen atoms in total. The van der Waals surface area contributed by atoms with Crippen molar-refractivity contribution in [2.24, 2.45) is 0 Å². The van der Waals surface area contributed by atoms with E-state index in [0.717, 1.165) is 11.3 Å². The maximum Gasteiger partial charge on any atom is 0.222 e. The third-order valence-electron chi connectivity index (χ3n) is 3.33. The highest BCUT2D eigenvalue weighted by Crippen LogP contribution is 2.20. The van der Waals surface area contributed by atoms with Crippen LogP contribution in [0.2, 0.25) is 0 Å². The van der Waals surface area contributed by atoms with Crippen LogP contribution in [0.15, 0.2) is 47.1 Å². The van der Waals surface area contributed by atoms with E-state index in [-0.39, 0.29) is 18.2 Å². The van der Waals surface area contributed by atoms with E-state index in [1.165, 1.54) is 6.92 Å². The number of carbonyl (C=O) groups is 2. The lowest BCUT2D eigenvalue weighted by Gasteiger charge is -2.18. The van der Waals surface area contributed by atoms with Crippen LogP contribution in [0.4, 0.5) is 0 Å². The third kappa shape index (κ3) is 5.18. The summed E-state index contributed by atoms with van der Waals surface area (Å²) in [5, 5.41) is 5.57. The average molecular weight is 316 g/mol. The Morgan fingerprint density at radius 1 is 1.22 bits per heavy atom. The second-order valence-electron chi connectivity index (χ2n) is 5.09. The van der Waals surface area contributed by atoms with Crippen LogP contribution in [0.3, 0.4) is 0 Å². The second kappa shape index (κ2) is 8.03. The lowest BCUT2D eigenvalue weighted by molar-refractivity contribution is -0.123. The van der Waals surface area contributed by atoms with Gasteiger partial charge in [-0.15, -0.1) is 0 Å². The Labute approximate surface area is 134 Å². The summed E-state index contributed by atoms with van der Waals surface area (Å²) < 4.78 is 10.3. The van der Waals surface area contributed by atoms with Crippen molar-refractivity contribution in [2.45, 2.75) is 25.9 Å². The average Bonchev–Trinajstić information content (AvgIpc) is 3.05. The Kier molecular flexibility index (Phi) is 5.80. The van der Waals surface area contributed by atoms with Crippen molar-refractivity contribution in [1.82, 2.24) is 10.6 Å². The molecule has 0 aliphatic carbocycles. The van der Waals surface area contributed by atoms with Crippen LogP contribution in [-0.4, -0.2) is 18.9 Å². The van der Waals surface area contributed by atoms with E-state index >= 15 is 0 Å². The van der Waals surface area contributed by atoms with Crippen molar-refractivity contribution in [3.63, 3.8) is 0 Å². The molecule has 122 valence electrons. The van der Waals surface area contributed by atoms with E-state index in [1.54, 1.807) is 37.6 Å². The Morgan fingerprint density at radius 3 is 2.52 bits per heavy atom. The highest BCUT2D eigenvalue weighted by Gasteiger charge is 2.17. The van der Waals surface area contributed by atoms with Crippen molar-refractivity contribution < 1.29 is 18.7 Å². The molecule has 0 saturated carbocycles. The summed E-state index contributed by atoms with van der Waals surface area (Å²) in [5.41, 5.74) is 0.842. The zero-order valence-corrected chi connectivity index (χ0v) is 13.2. The number of nitrogens with one attached hydrogen (secondary N) is 2. The molecule has 2 N–H and O–H groups in total. The minimum absolute atomic E-state index is 0.145. The van der Waals surface area contributed by atoms with Gasteiger partial charge < -0.3 is 19.8 Å².